The van der Waals surface area contributed by atoms with Crippen LogP contribution < -0.4 is 0 Å². The van der Waals surface area contributed by atoms with Crippen LogP contribution in [-0.4, -0.2) is 43.0 Å². The predicted molar refractivity (Wildman–Crippen MR) is 78.1 cm³/mol. The van der Waals surface area contributed by atoms with Gasteiger partial charge >= 0.3 is 0 Å². The third-order valence-electron chi connectivity index (χ3n) is 3.99. The van der Waals surface area contributed by atoms with Gasteiger partial charge in [0.25, 0.3) is 0 Å². The highest BCUT2D eigenvalue weighted by Gasteiger charge is 2.27. The third kappa shape index (κ3) is 3.27. The van der Waals surface area contributed by atoms with Crippen molar-refractivity contribution in [2.24, 2.45) is 0 Å². The molecular weight excluding hydrogens is 258 g/mol. The van der Waals surface area contributed by atoms with E-state index in [4.69, 9.17) is 11.6 Å². The minimum absolute atomic E-state index is 0.262. The van der Waals surface area contributed by atoms with E-state index in [0.29, 0.717) is 11.1 Å². The molecular formula is C15H20ClN3. The summed E-state index contributed by atoms with van der Waals surface area (Å²) in [4.78, 5) is 4.51. The fourth-order valence-electron chi connectivity index (χ4n) is 2.69. The summed E-state index contributed by atoms with van der Waals surface area (Å²) >= 11 is 6.22. The normalized spacial score (nSPS) is 19.3. The molecule has 0 radical (unpaired) electrons. The van der Waals surface area contributed by atoms with Gasteiger partial charge in [-0.05, 0) is 46.1 Å². The van der Waals surface area contributed by atoms with Gasteiger partial charge < -0.3 is 4.90 Å². The molecule has 102 valence electrons. The molecule has 19 heavy (non-hydrogen) atoms. The molecule has 2 rings (SSSR count). The van der Waals surface area contributed by atoms with Crippen molar-refractivity contribution < 1.29 is 0 Å². The first-order chi connectivity index (χ1) is 9.13. The van der Waals surface area contributed by atoms with E-state index in [2.05, 4.69) is 22.9 Å². The fourth-order valence-corrected chi connectivity index (χ4v) is 2.93. The van der Waals surface area contributed by atoms with Crippen LogP contribution in [0.3, 0.4) is 0 Å². The average molecular weight is 278 g/mol. The summed E-state index contributed by atoms with van der Waals surface area (Å²) in [7, 11) is 4.18. The molecule has 1 heterocycles. The molecule has 0 spiro atoms. The highest BCUT2D eigenvalue weighted by Crippen LogP contribution is 2.29. The fraction of sp³-hybridized carbons (Fsp3) is 0.533. The first kappa shape index (κ1) is 14.3. The van der Waals surface area contributed by atoms with Crippen molar-refractivity contribution >= 4 is 11.6 Å². The van der Waals surface area contributed by atoms with Crippen LogP contribution in [0.2, 0.25) is 5.02 Å². The molecule has 4 heteroatoms. The van der Waals surface area contributed by atoms with E-state index in [9.17, 15) is 5.26 Å². The summed E-state index contributed by atoms with van der Waals surface area (Å²) in [6.45, 7) is 2.19. The molecule has 0 saturated carbocycles. The van der Waals surface area contributed by atoms with Crippen molar-refractivity contribution in [3.05, 3.63) is 34.9 Å². The second-order valence-electron chi connectivity index (χ2n) is 5.25. The van der Waals surface area contributed by atoms with Crippen molar-refractivity contribution in [3.8, 4) is 6.07 Å². The van der Waals surface area contributed by atoms with Gasteiger partial charge in [0.1, 0.15) is 6.04 Å². The topological polar surface area (TPSA) is 30.3 Å². The summed E-state index contributed by atoms with van der Waals surface area (Å²) in [5.41, 5.74) is 0.910. The predicted octanol–water partition coefficient (Wildman–Crippen LogP) is 2.93. The number of rotatable bonds is 3. The van der Waals surface area contributed by atoms with Crippen molar-refractivity contribution in [1.29, 1.82) is 5.26 Å². The first-order valence-electron chi connectivity index (χ1n) is 6.68. The Bertz CT molecular complexity index is 461. The lowest BCUT2D eigenvalue weighted by molar-refractivity contribution is 0.126. The lowest BCUT2D eigenvalue weighted by Gasteiger charge is -2.37. The Kier molecular flexibility index (Phi) is 4.81. The third-order valence-corrected chi connectivity index (χ3v) is 4.34. The van der Waals surface area contributed by atoms with Crippen LogP contribution in [0.25, 0.3) is 0 Å². The van der Waals surface area contributed by atoms with Gasteiger partial charge in [-0.2, -0.15) is 5.26 Å². The number of benzene rings is 1. The Labute approximate surface area is 120 Å². The maximum absolute atomic E-state index is 9.50. The van der Waals surface area contributed by atoms with Gasteiger partial charge in [-0.25, -0.2) is 0 Å². The van der Waals surface area contributed by atoms with Gasteiger partial charge in [-0.3, -0.25) is 4.90 Å². The van der Waals surface area contributed by atoms with Crippen molar-refractivity contribution in [2.75, 3.05) is 27.2 Å². The number of nitrogens with zero attached hydrogens (tertiary/aromatic N) is 3. The molecule has 3 nitrogen and oxygen atoms in total. The van der Waals surface area contributed by atoms with Crippen LogP contribution in [0, 0.1) is 11.3 Å². The largest absolute Gasteiger partial charge is 0.306 e. The molecule has 1 fully saturated rings. The van der Waals surface area contributed by atoms with Crippen LogP contribution in [0.15, 0.2) is 24.3 Å². The van der Waals surface area contributed by atoms with E-state index in [0.717, 1.165) is 31.5 Å². The van der Waals surface area contributed by atoms with E-state index in [1.54, 1.807) is 0 Å². The van der Waals surface area contributed by atoms with Gasteiger partial charge in [0.15, 0.2) is 0 Å². The van der Waals surface area contributed by atoms with Gasteiger partial charge in [-0.15, -0.1) is 0 Å². The van der Waals surface area contributed by atoms with Crippen LogP contribution in [-0.2, 0) is 0 Å². The summed E-state index contributed by atoms with van der Waals surface area (Å²) in [5.74, 6) is 0. The lowest BCUT2D eigenvalue weighted by Crippen LogP contribution is -2.43. The summed E-state index contributed by atoms with van der Waals surface area (Å²) in [6.07, 6.45) is 2.21. The van der Waals surface area contributed by atoms with Gasteiger partial charge in [0.2, 0.25) is 0 Å². The maximum atomic E-state index is 9.50. The molecule has 1 aliphatic rings. The molecule has 0 aromatic heterocycles. The number of hydrogen-bond donors (Lipinski definition) is 0. The van der Waals surface area contributed by atoms with Crippen LogP contribution in [0.5, 0.6) is 0 Å². The lowest BCUT2D eigenvalue weighted by atomic mass is 9.99. The van der Waals surface area contributed by atoms with E-state index >= 15 is 0 Å². The molecule has 1 saturated heterocycles. The molecule has 0 N–H and O–H groups in total. The molecule has 1 aliphatic heterocycles. The quantitative estimate of drug-likeness (QED) is 0.851. The second kappa shape index (κ2) is 6.38. The smallest absolute Gasteiger partial charge is 0.125 e. The van der Waals surface area contributed by atoms with Crippen molar-refractivity contribution in [1.82, 2.24) is 9.80 Å². The number of nitriles is 1. The van der Waals surface area contributed by atoms with Crippen LogP contribution >= 0.6 is 11.6 Å². The van der Waals surface area contributed by atoms with E-state index in [1.807, 2.05) is 31.3 Å². The molecule has 1 atom stereocenters. The molecule has 0 bridgehead atoms. The standard InChI is InChI=1S/C15H20ClN3/c1-18-9-7-12(8-10-18)19(2)15(11-17)13-5-3-4-6-14(13)16/h3-6,12,15H,7-10H2,1-2H3. The van der Waals surface area contributed by atoms with Crippen molar-refractivity contribution in [3.63, 3.8) is 0 Å². The minimum atomic E-state index is -0.262. The van der Waals surface area contributed by atoms with E-state index in [1.165, 1.54) is 0 Å². The summed E-state index contributed by atoms with van der Waals surface area (Å²) in [5, 5.41) is 10.2. The Balaban J connectivity index is 2.14. The molecule has 0 amide bonds. The number of halogens is 1. The van der Waals surface area contributed by atoms with Gasteiger partial charge in [-0.1, -0.05) is 29.8 Å². The summed E-state index contributed by atoms with van der Waals surface area (Å²) in [6, 6.07) is 10.2. The van der Waals surface area contributed by atoms with Crippen LogP contribution in [0.4, 0.5) is 0 Å². The highest BCUT2D eigenvalue weighted by molar-refractivity contribution is 6.31. The number of piperidine rings is 1. The van der Waals surface area contributed by atoms with Crippen molar-refractivity contribution in [2.45, 2.75) is 24.9 Å². The molecule has 0 aliphatic carbocycles. The number of likely N-dealkylation sites (tertiary alicyclic amines) is 1. The van der Waals surface area contributed by atoms with Gasteiger partial charge in [0.05, 0.1) is 6.07 Å². The Morgan fingerprint density at radius 1 is 1.37 bits per heavy atom. The SMILES string of the molecule is CN1CCC(N(C)C(C#N)c2ccccc2Cl)CC1. The zero-order valence-corrected chi connectivity index (χ0v) is 12.3. The zero-order chi connectivity index (χ0) is 13.8. The first-order valence-corrected chi connectivity index (χ1v) is 7.06. The Morgan fingerprint density at radius 2 is 2.00 bits per heavy atom. The summed E-state index contributed by atoms with van der Waals surface area (Å²) < 4.78 is 0. The molecule has 1 aromatic carbocycles. The average Bonchev–Trinajstić information content (AvgIpc) is 2.42. The molecule has 1 aromatic rings. The molecule has 1 unspecified atom stereocenters. The Morgan fingerprint density at radius 3 is 2.58 bits per heavy atom. The highest BCUT2D eigenvalue weighted by atomic mass is 35.5. The van der Waals surface area contributed by atoms with Crippen LogP contribution in [0.1, 0.15) is 24.4 Å². The minimum Gasteiger partial charge on any atom is -0.306 e. The zero-order valence-electron chi connectivity index (χ0n) is 11.5. The second-order valence-corrected chi connectivity index (χ2v) is 5.66. The van der Waals surface area contributed by atoms with E-state index in [-0.39, 0.29) is 6.04 Å². The monoisotopic (exact) mass is 277 g/mol. The van der Waals surface area contributed by atoms with Gasteiger partial charge in [0, 0.05) is 16.6 Å². The van der Waals surface area contributed by atoms with E-state index < -0.39 is 0 Å². The Hall–Kier alpha value is -1.08. The number of hydrogen-bond acceptors (Lipinski definition) is 3. The maximum Gasteiger partial charge on any atom is 0.125 e.